The van der Waals surface area contributed by atoms with Gasteiger partial charge in [-0.05, 0) is 12.8 Å². The molecule has 0 rings (SSSR count). The third-order valence-electron chi connectivity index (χ3n) is 5.06. The molecule has 2 nitrogen and oxygen atoms in total. The summed E-state index contributed by atoms with van der Waals surface area (Å²) in [6.07, 6.45) is 22.7. The van der Waals surface area contributed by atoms with Crippen molar-refractivity contribution in [3.8, 4) is 0 Å². The summed E-state index contributed by atoms with van der Waals surface area (Å²) < 4.78 is 0. The van der Waals surface area contributed by atoms with Crippen molar-refractivity contribution in [3.05, 3.63) is 0 Å². The van der Waals surface area contributed by atoms with E-state index in [1.165, 1.54) is 83.5 Å². The van der Waals surface area contributed by atoms with E-state index in [9.17, 15) is 4.79 Å². The van der Waals surface area contributed by atoms with E-state index in [0.29, 0.717) is 6.42 Å². The monoisotopic (exact) mass is 339 g/mol. The van der Waals surface area contributed by atoms with Crippen LogP contribution in [0.3, 0.4) is 0 Å². The molecule has 0 aromatic rings. The van der Waals surface area contributed by atoms with Gasteiger partial charge in [-0.25, -0.2) is 0 Å². The fourth-order valence-electron chi connectivity index (χ4n) is 3.26. The minimum atomic E-state index is -0.202. The molecule has 0 aromatic carbocycles. The predicted molar refractivity (Wildman–Crippen MR) is 107 cm³/mol. The lowest BCUT2D eigenvalue weighted by Crippen LogP contribution is -2.30. The summed E-state index contributed by atoms with van der Waals surface area (Å²) in [6, 6.07) is -0.202. The molecule has 1 atom stereocenters. The molecule has 0 heterocycles. The molecule has 2 N–H and O–H groups in total. The number of ketones is 1. The standard InChI is InChI=1S/C22H45NO/c1-3-5-7-8-9-10-11-12-13-14-15-16-17-18-20-22(24)21(23)19-6-4-2/h21H,3-20,23H2,1-2H3. The Hall–Kier alpha value is -0.370. The number of hydrogen-bond donors (Lipinski definition) is 1. The summed E-state index contributed by atoms with van der Waals surface area (Å²) in [4.78, 5) is 11.8. The maximum Gasteiger partial charge on any atom is 0.149 e. The van der Waals surface area contributed by atoms with Gasteiger partial charge in [0.1, 0.15) is 5.78 Å². The van der Waals surface area contributed by atoms with E-state index in [1.54, 1.807) is 0 Å². The first-order valence-electron chi connectivity index (χ1n) is 11.0. The Labute approximate surface area is 152 Å². The van der Waals surface area contributed by atoms with Crippen LogP contribution in [0, 0.1) is 0 Å². The van der Waals surface area contributed by atoms with Crippen LogP contribution >= 0.6 is 0 Å². The fourth-order valence-corrected chi connectivity index (χ4v) is 3.26. The SMILES string of the molecule is CCCCCCCCCCCCCCCCC(=O)C(N)CCCC. The van der Waals surface area contributed by atoms with Crippen LogP contribution in [0.2, 0.25) is 0 Å². The molecule has 0 aliphatic carbocycles. The molecule has 0 radical (unpaired) electrons. The second-order valence-electron chi connectivity index (χ2n) is 7.56. The van der Waals surface area contributed by atoms with Gasteiger partial charge < -0.3 is 5.73 Å². The zero-order valence-corrected chi connectivity index (χ0v) is 16.8. The summed E-state index contributed by atoms with van der Waals surface area (Å²) in [5, 5.41) is 0. The van der Waals surface area contributed by atoms with Crippen molar-refractivity contribution in [1.29, 1.82) is 0 Å². The largest absolute Gasteiger partial charge is 0.322 e. The van der Waals surface area contributed by atoms with Crippen LogP contribution in [0.4, 0.5) is 0 Å². The Morgan fingerprint density at radius 2 is 1.00 bits per heavy atom. The number of nitrogens with two attached hydrogens (primary N) is 1. The van der Waals surface area contributed by atoms with Gasteiger partial charge in [0.25, 0.3) is 0 Å². The maximum absolute atomic E-state index is 11.8. The van der Waals surface area contributed by atoms with Gasteiger partial charge in [-0.1, -0.05) is 110 Å². The molecular weight excluding hydrogens is 294 g/mol. The number of unbranched alkanes of at least 4 members (excludes halogenated alkanes) is 14. The first-order valence-corrected chi connectivity index (χ1v) is 11.0. The smallest absolute Gasteiger partial charge is 0.149 e. The van der Waals surface area contributed by atoms with Crippen LogP contribution in [-0.4, -0.2) is 11.8 Å². The van der Waals surface area contributed by atoms with Gasteiger partial charge in [0.05, 0.1) is 6.04 Å². The zero-order chi connectivity index (χ0) is 17.9. The molecule has 24 heavy (non-hydrogen) atoms. The highest BCUT2D eigenvalue weighted by molar-refractivity contribution is 5.83. The molecule has 0 aliphatic rings. The predicted octanol–water partition coefficient (Wildman–Crippen LogP) is 6.94. The van der Waals surface area contributed by atoms with Gasteiger partial charge in [-0.3, -0.25) is 4.79 Å². The third-order valence-corrected chi connectivity index (χ3v) is 5.06. The van der Waals surface area contributed by atoms with Gasteiger partial charge in [-0.15, -0.1) is 0 Å². The van der Waals surface area contributed by atoms with Crippen LogP contribution < -0.4 is 5.73 Å². The molecule has 144 valence electrons. The van der Waals surface area contributed by atoms with Crippen molar-refractivity contribution in [3.63, 3.8) is 0 Å². The number of carbonyl (C=O) groups is 1. The first kappa shape index (κ1) is 23.6. The third kappa shape index (κ3) is 16.5. The molecule has 2 heteroatoms. The van der Waals surface area contributed by atoms with Crippen LogP contribution in [0.15, 0.2) is 0 Å². The lowest BCUT2D eigenvalue weighted by molar-refractivity contribution is -0.120. The van der Waals surface area contributed by atoms with E-state index in [-0.39, 0.29) is 11.8 Å². The molecular formula is C22H45NO. The van der Waals surface area contributed by atoms with Crippen LogP contribution in [0.1, 0.15) is 129 Å². The molecule has 0 bridgehead atoms. The van der Waals surface area contributed by atoms with Crippen molar-refractivity contribution in [2.24, 2.45) is 5.73 Å². The van der Waals surface area contributed by atoms with E-state index in [1.807, 2.05) is 0 Å². The van der Waals surface area contributed by atoms with Crippen LogP contribution in [0.25, 0.3) is 0 Å². The van der Waals surface area contributed by atoms with E-state index in [4.69, 9.17) is 5.73 Å². The number of carbonyl (C=O) groups excluding carboxylic acids is 1. The van der Waals surface area contributed by atoms with Crippen molar-refractivity contribution in [2.75, 3.05) is 0 Å². The van der Waals surface area contributed by atoms with Crippen molar-refractivity contribution in [2.45, 2.75) is 135 Å². The number of hydrogen-bond acceptors (Lipinski definition) is 2. The van der Waals surface area contributed by atoms with Gasteiger partial charge in [0.2, 0.25) is 0 Å². The van der Waals surface area contributed by atoms with Crippen molar-refractivity contribution < 1.29 is 4.79 Å². The summed E-state index contributed by atoms with van der Waals surface area (Å²) in [7, 11) is 0. The second-order valence-corrected chi connectivity index (χ2v) is 7.56. The highest BCUT2D eigenvalue weighted by atomic mass is 16.1. The van der Waals surface area contributed by atoms with Gasteiger partial charge >= 0.3 is 0 Å². The molecule has 0 amide bonds. The van der Waals surface area contributed by atoms with Gasteiger partial charge in [0, 0.05) is 6.42 Å². The molecule has 0 spiro atoms. The van der Waals surface area contributed by atoms with Crippen LogP contribution in [0.5, 0.6) is 0 Å². The van der Waals surface area contributed by atoms with Gasteiger partial charge in [0.15, 0.2) is 0 Å². The van der Waals surface area contributed by atoms with E-state index < -0.39 is 0 Å². The first-order chi connectivity index (χ1) is 11.7. The van der Waals surface area contributed by atoms with Gasteiger partial charge in [-0.2, -0.15) is 0 Å². The minimum absolute atomic E-state index is 0.202. The fraction of sp³-hybridized carbons (Fsp3) is 0.955. The molecule has 1 unspecified atom stereocenters. The summed E-state index contributed by atoms with van der Waals surface area (Å²) in [5.41, 5.74) is 5.91. The molecule has 0 aliphatic heterocycles. The second kappa shape index (κ2) is 19.0. The Morgan fingerprint density at radius 3 is 1.42 bits per heavy atom. The molecule has 0 saturated carbocycles. The number of Topliss-reactive ketones (excluding diaryl/α,β-unsaturated/α-hetero) is 1. The van der Waals surface area contributed by atoms with E-state index in [2.05, 4.69) is 13.8 Å². The average Bonchev–Trinajstić information content (AvgIpc) is 2.59. The summed E-state index contributed by atoms with van der Waals surface area (Å²) >= 11 is 0. The quantitative estimate of drug-likeness (QED) is 0.259. The minimum Gasteiger partial charge on any atom is -0.322 e. The van der Waals surface area contributed by atoms with Crippen molar-refractivity contribution >= 4 is 5.78 Å². The Kier molecular flexibility index (Phi) is 18.7. The topological polar surface area (TPSA) is 43.1 Å². The number of rotatable bonds is 19. The molecule has 0 saturated heterocycles. The zero-order valence-electron chi connectivity index (χ0n) is 16.8. The normalized spacial score (nSPS) is 12.5. The lowest BCUT2D eigenvalue weighted by Gasteiger charge is -2.09. The van der Waals surface area contributed by atoms with E-state index in [0.717, 1.165) is 25.7 Å². The molecule has 0 aromatic heterocycles. The molecule has 0 fully saturated rings. The van der Waals surface area contributed by atoms with Crippen molar-refractivity contribution in [1.82, 2.24) is 0 Å². The highest BCUT2D eigenvalue weighted by Crippen LogP contribution is 2.13. The van der Waals surface area contributed by atoms with E-state index >= 15 is 0 Å². The Bertz CT molecular complexity index is 265. The van der Waals surface area contributed by atoms with Crippen LogP contribution in [-0.2, 0) is 4.79 Å². The lowest BCUT2D eigenvalue weighted by atomic mass is 10.0. The summed E-state index contributed by atoms with van der Waals surface area (Å²) in [6.45, 7) is 4.42. The Morgan fingerprint density at radius 1 is 0.625 bits per heavy atom. The Balaban J connectivity index is 3.18. The highest BCUT2D eigenvalue weighted by Gasteiger charge is 2.11. The maximum atomic E-state index is 11.8. The average molecular weight is 340 g/mol. The summed E-state index contributed by atoms with van der Waals surface area (Å²) in [5.74, 6) is 0.280.